The molecule has 0 amide bonds. The molecule has 0 unspecified atom stereocenters. The van der Waals surface area contributed by atoms with Gasteiger partial charge in [-0.1, -0.05) is 36.9 Å². The number of aromatic amines is 1. The molecule has 0 spiro atoms. The van der Waals surface area contributed by atoms with Crippen molar-refractivity contribution in [3.8, 4) is 0 Å². The number of nitrogens with one attached hydrogen (secondary N) is 2. The van der Waals surface area contributed by atoms with Crippen LogP contribution in [0.5, 0.6) is 0 Å². The lowest BCUT2D eigenvalue weighted by Gasteiger charge is -2.06. The van der Waals surface area contributed by atoms with Crippen LogP contribution in [0.4, 0.5) is 17.6 Å². The number of nitrogen functional groups attached to an aromatic ring is 1. The van der Waals surface area contributed by atoms with E-state index in [1.165, 1.54) is 11.8 Å². The van der Waals surface area contributed by atoms with Crippen molar-refractivity contribution in [2.75, 3.05) is 11.1 Å². The van der Waals surface area contributed by atoms with E-state index in [0.29, 0.717) is 22.7 Å². The van der Waals surface area contributed by atoms with E-state index in [1.807, 2.05) is 37.3 Å². The number of aromatic nitrogens is 6. The van der Waals surface area contributed by atoms with Gasteiger partial charge in [0.25, 0.3) is 0 Å². The average molecular weight is 328 g/mol. The summed E-state index contributed by atoms with van der Waals surface area (Å²) in [5.41, 5.74) is 6.65. The Bertz CT molecular complexity index is 773. The van der Waals surface area contributed by atoms with Crippen LogP contribution in [0.25, 0.3) is 0 Å². The van der Waals surface area contributed by atoms with E-state index >= 15 is 0 Å². The highest BCUT2D eigenvalue weighted by Gasteiger charge is 2.08. The van der Waals surface area contributed by atoms with Crippen LogP contribution < -0.4 is 11.1 Å². The van der Waals surface area contributed by atoms with Crippen molar-refractivity contribution >= 4 is 29.3 Å². The molecule has 1 aromatic carbocycles. The standard InChI is InChI=1S/C14H16N8S/c1-2-10-19-14(22-21-10)23-8-11-17-12(15)20-13(18-11)16-9-6-4-3-5-7-9/h3-7H,2,8H2,1H3,(H,19,21,22)(H3,15,16,17,18,20). The normalized spacial score (nSPS) is 10.7. The van der Waals surface area contributed by atoms with Crippen molar-refractivity contribution in [2.45, 2.75) is 24.3 Å². The van der Waals surface area contributed by atoms with Gasteiger partial charge in [-0.25, -0.2) is 4.98 Å². The summed E-state index contributed by atoms with van der Waals surface area (Å²) in [5, 5.41) is 10.8. The summed E-state index contributed by atoms with van der Waals surface area (Å²) < 4.78 is 0. The van der Waals surface area contributed by atoms with Crippen LogP contribution in [-0.2, 0) is 12.2 Å². The van der Waals surface area contributed by atoms with Gasteiger partial charge in [0, 0.05) is 12.1 Å². The number of thioether (sulfide) groups is 1. The zero-order valence-electron chi connectivity index (χ0n) is 12.5. The lowest BCUT2D eigenvalue weighted by molar-refractivity contribution is 0.939. The second-order valence-corrected chi connectivity index (χ2v) is 5.57. The topological polar surface area (TPSA) is 118 Å². The SMILES string of the molecule is CCc1nc(SCc2nc(N)nc(Nc3ccccc3)n2)n[nH]1. The minimum absolute atomic E-state index is 0.179. The molecule has 8 nitrogen and oxygen atoms in total. The number of H-pyrrole nitrogens is 1. The average Bonchev–Trinajstić information content (AvgIpc) is 3.01. The molecule has 0 aliphatic rings. The summed E-state index contributed by atoms with van der Waals surface area (Å²) in [5.74, 6) is 2.54. The summed E-state index contributed by atoms with van der Waals surface area (Å²) >= 11 is 1.44. The Morgan fingerprint density at radius 3 is 2.70 bits per heavy atom. The first-order valence-corrected chi connectivity index (χ1v) is 8.08. The number of anilines is 3. The van der Waals surface area contributed by atoms with Crippen LogP contribution in [-0.4, -0.2) is 30.1 Å². The number of nitrogens with two attached hydrogens (primary N) is 1. The van der Waals surface area contributed by atoms with E-state index in [4.69, 9.17) is 5.73 Å². The number of para-hydroxylation sites is 1. The molecule has 0 saturated carbocycles. The summed E-state index contributed by atoms with van der Waals surface area (Å²) in [7, 11) is 0. The second kappa shape index (κ2) is 7.05. The summed E-state index contributed by atoms with van der Waals surface area (Å²) in [4.78, 5) is 17.0. The minimum atomic E-state index is 0.179. The van der Waals surface area contributed by atoms with Crippen molar-refractivity contribution < 1.29 is 0 Å². The first kappa shape index (κ1) is 15.2. The molecule has 4 N–H and O–H groups in total. The molecule has 3 rings (SSSR count). The summed E-state index contributed by atoms with van der Waals surface area (Å²) in [6.07, 6.45) is 0.817. The number of benzene rings is 1. The van der Waals surface area contributed by atoms with Crippen LogP contribution in [0.1, 0.15) is 18.6 Å². The van der Waals surface area contributed by atoms with E-state index in [1.54, 1.807) is 0 Å². The molecule has 0 bridgehead atoms. The summed E-state index contributed by atoms with van der Waals surface area (Å²) in [6, 6.07) is 9.65. The number of nitrogens with zero attached hydrogens (tertiary/aromatic N) is 5. The van der Waals surface area contributed by atoms with Crippen molar-refractivity contribution in [3.63, 3.8) is 0 Å². The smallest absolute Gasteiger partial charge is 0.232 e. The number of hydrogen-bond donors (Lipinski definition) is 3. The maximum absolute atomic E-state index is 5.76. The minimum Gasteiger partial charge on any atom is -0.368 e. The highest BCUT2D eigenvalue weighted by atomic mass is 32.2. The van der Waals surface area contributed by atoms with Crippen LogP contribution >= 0.6 is 11.8 Å². The zero-order chi connectivity index (χ0) is 16.1. The fourth-order valence-electron chi connectivity index (χ4n) is 1.84. The predicted octanol–water partition coefficient (Wildman–Crippen LogP) is 2.17. The van der Waals surface area contributed by atoms with Crippen molar-refractivity contribution in [1.29, 1.82) is 0 Å². The Labute approximate surface area is 137 Å². The Balaban J connectivity index is 1.69. The third-order valence-corrected chi connectivity index (χ3v) is 3.75. The summed E-state index contributed by atoms with van der Waals surface area (Å²) in [6.45, 7) is 2.02. The van der Waals surface area contributed by atoms with Gasteiger partial charge in [0.1, 0.15) is 11.6 Å². The van der Waals surface area contributed by atoms with Gasteiger partial charge in [0.2, 0.25) is 17.1 Å². The molecule has 2 heterocycles. The van der Waals surface area contributed by atoms with Crippen LogP contribution in [0, 0.1) is 0 Å². The lowest BCUT2D eigenvalue weighted by Crippen LogP contribution is -2.06. The highest BCUT2D eigenvalue weighted by Crippen LogP contribution is 2.19. The maximum Gasteiger partial charge on any atom is 0.232 e. The number of rotatable bonds is 6. The molecule has 3 aromatic rings. The largest absolute Gasteiger partial charge is 0.368 e. The number of aryl methyl sites for hydroxylation is 1. The molecule has 0 atom stereocenters. The Morgan fingerprint density at radius 2 is 1.96 bits per heavy atom. The van der Waals surface area contributed by atoms with Crippen LogP contribution in [0.2, 0.25) is 0 Å². The van der Waals surface area contributed by atoms with E-state index in [0.717, 1.165) is 17.9 Å². The molecule has 0 saturated heterocycles. The molecule has 118 valence electrons. The van der Waals surface area contributed by atoms with Gasteiger partial charge < -0.3 is 11.1 Å². The monoisotopic (exact) mass is 328 g/mol. The van der Waals surface area contributed by atoms with Gasteiger partial charge in [-0.3, -0.25) is 5.10 Å². The van der Waals surface area contributed by atoms with Crippen LogP contribution in [0.3, 0.4) is 0 Å². The first-order valence-electron chi connectivity index (χ1n) is 7.09. The van der Waals surface area contributed by atoms with E-state index in [-0.39, 0.29) is 5.95 Å². The molecular weight excluding hydrogens is 312 g/mol. The fourth-order valence-corrected chi connectivity index (χ4v) is 2.51. The lowest BCUT2D eigenvalue weighted by atomic mass is 10.3. The molecule has 9 heteroatoms. The predicted molar refractivity (Wildman–Crippen MR) is 89.3 cm³/mol. The molecule has 0 aliphatic heterocycles. The highest BCUT2D eigenvalue weighted by molar-refractivity contribution is 7.98. The Morgan fingerprint density at radius 1 is 1.13 bits per heavy atom. The van der Waals surface area contributed by atoms with Crippen molar-refractivity contribution in [2.24, 2.45) is 0 Å². The Hall–Kier alpha value is -2.68. The molecule has 0 aliphatic carbocycles. The van der Waals surface area contributed by atoms with Gasteiger partial charge in [-0.2, -0.15) is 15.0 Å². The molecule has 2 aromatic heterocycles. The zero-order valence-corrected chi connectivity index (χ0v) is 13.3. The van der Waals surface area contributed by atoms with Gasteiger partial charge >= 0.3 is 0 Å². The van der Waals surface area contributed by atoms with Gasteiger partial charge in [-0.15, -0.1) is 5.10 Å². The third-order valence-electron chi connectivity index (χ3n) is 2.91. The fraction of sp³-hybridized carbons (Fsp3) is 0.214. The van der Waals surface area contributed by atoms with E-state index in [2.05, 4.69) is 35.5 Å². The quantitative estimate of drug-likeness (QED) is 0.589. The second-order valence-electron chi connectivity index (χ2n) is 4.63. The first-order chi connectivity index (χ1) is 11.2. The molecule has 23 heavy (non-hydrogen) atoms. The Kier molecular flexibility index (Phi) is 4.67. The van der Waals surface area contributed by atoms with Gasteiger partial charge in [0.15, 0.2) is 0 Å². The van der Waals surface area contributed by atoms with E-state index in [9.17, 15) is 0 Å². The van der Waals surface area contributed by atoms with Crippen molar-refractivity contribution in [1.82, 2.24) is 30.1 Å². The van der Waals surface area contributed by atoms with E-state index < -0.39 is 0 Å². The molecule has 0 radical (unpaired) electrons. The van der Waals surface area contributed by atoms with Crippen molar-refractivity contribution in [3.05, 3.63) is 42.0 Å². The van der Waals surface area contributed by atoms with Gasteiger partial charge in [0.05, 0.1) is 5.75 Å². The van der Waals surface area contributed by atoms with Gasteiger partial charge in [-0.05, 0) is 12.1 Å². The molecular formula is C14H16N8S. The molecule has 0 fully saturated rings. The third kappa shape index (κ3) is 4.16. The van der Waals surface area contributed by atoms with Crippen LogP contribution in [0.15, 0.2) is 35.5 Å². The maximum atomic E-state index is 5.76. The number of hydrogen-bond acceptors (Lipinski definition) is 8.